The van der Waals surface area contributed by atoms with Crippen LogP contribution in [0.3, 0.4) is 0 Å². The molecule has 1 saturated heterocycles. The van der Waals surface area contributed by atoms with Gasteiger partial charge in [-0.25, -0.2) is 0 Å². The van der Waals surface area contributed by atoms with Crippen LogP contribution in [0.15, 0.2) is 29.3 Å². The summed E-state index contributed by atoms with van der Waals surface area (Å²) in [5, 5.41) is 3.48. The van der Waals surface area contributed by atoms with Crippen molar-refractivity contribution in [1.29, 1.82) is 0 Å². The van der Waals surface area contributed by atoms with Crippen LogP contribution in [-0.2, 0) is 6.54 Å². The predicted molar refractivity (Wildman–Crippen MR) is 120 cm³/mol. The van der Waals surface area contributed by atoms with Gasteiger partial charge in [0.25, 0.3) is 0 Å². The van der Waals surface area contributed by atoms with Gasteiger partial charge >= 0.3 is 0 Å². The van der Waals surface area contributed by atoms with Gasteiger partial charge < -0.3 is 16.0 Å². The largest absolute Gasteiger partial charge is 0.366 e. The Morgan fingerprint density at radius 3 is 2.58 bits per heavy atom. The molecule has 2 aliphatic rings. The van der Waals surface area contributed by atoms with Gasteiger partial charge in [-0.2, -0.15) is 11.8 Å². The van der Waals surface area contributed by atoms with E-state index in [0.717, 1.165) is 24.6 Å². The smallest absolute Gasteiger partial charge is 0.248 e. The molecular weight excluding hydrogens is 459 g/mol. The third-order valence-electron chi connectivity index (χ3n) is 5.21. The lowest BCUT2D eigenvalue weighted by Gasteiger charge is -2.45. The number of guanidine groups is 1. The maximum Gasteiger partial charge on any atom is 0.248 e. The highest BCUT2D eigenvalue weighted by atomic mass is 127. The number of rotatable bonds is 3. The van der Waals surface area contributed by atoms with Gasteiger partial charge in [0, 0.05) is 42.7 Å². The SMILES string of the molecule is CN=C(NCc1ccc(C(N)=O)cc1)N1CCSC2(CCCCC2)C1.I. The van der Waals surface area contributed by atoms with Gasteiger partial charge in [0.15, 0.2) is 5.96 Å². The standard InChI is InChI=1S/C19H28N4OS.HI/c1-21-18(22-13-15-5-7-16(8-6-15)17(20)24)23-11-12-25-19(14-23)9-3-2-4-10-19;/h5-8H,2-4,9-14H2,1H3,(H2,20,24)(H,21,22);1H. The molecule has 1 amide bonds. The summed E-state index contributed by atoms with van der Waals surface area (Å²) in [7, 11) is 1.85. The number of thioether (sulfide) groups is 1. The number of hydrogen-bond donors (Lipinski definition) is 2. The number of halogens is 1. The highest BCUT2D eigenvalue weighted by Gasteiger charge is 2.38. The van der Waals surface area contributed by atoms with Crippen LogP contribution in [-0.4, -0.2) is 47.4 Å². The van der Waals surface area contributed by atoms with Crippen LogP contribution in [0.2, 0.25) is 0 Å². The minimum atomic E-state index is -0.390. The first-order valence-electron chi connectivity index (χ1n) is 9.10. The molecule has 5 nitrogen and oxygen atoms in total. The van der Waals surface area contributed by atoms with Gasteiger partial charge in [-0.3, -0.25) is 9.79 Å². The number of aliphatic imine (C=N–C) groups is 1. The summed E-state index contributed by atoms with van der Waals surface area (Å²) in [5.74, 6) is 1.76. The molecule has 2 fully saturated rings. The molecule has 1 aromatic rings. The van der Waals surface area contributed by atoms with Crippen molar-refractivity contribution in [2.45, 2.75) is 43.4 Å². The molecule has 0 aromatic heterocycles. The van der Waals surface area contributed by atoms with Crippen molar-refractivity contribution >= 4 is 47.6 Å². The van der Waals surface area contributed by atoms with E-state index >= 15 is 0 Å². The van der Waals surface area contributed by atoms with E-state index in [1.165, 1.54) is 37.9 Å². The topological polar surface area (TPSA) is 70.7 Å². The number of amides is 1. The van der Waals surface area contributed by atoms with E-state index in [-0.39, 0.29) is 29.9 Å². The zero-order chi connectivity index (χ0) is 17.7. The van der Waals surface area contributed by atoms with Crippen LogP contribution in [0, 0.1) is 0 Å². The third-order valence-corrected chi connectivity index (χ3v) is 6.75. The normalized spacial score (nSPS) is 19.7. The lowest BCUT2D eigenvalue weighted by molar-refractivity contribution is 0.100. The van der Waals surface area contributed by atoms with E-state index in [1.807, 2.05) is 19.2 Å². The minimum Gasteiger partial charge on any atom is -0.366 e. The summed E-state index contributed by atoms with van der Waals surface area (Å²) in [4.78, 5) is 18.1. The Labute approximate surface area is 177 Å². The van der Waals surface area contributed by atoms with Gasteiger partial charge in [0.1, 0.15) is 0 Å². The molecule has 1 saturated carbocycles. The number of benzene rings is 1. The van der Waals surface area contributed by atoms with Crippen LogP contribution in [0.1, 0.15) is 48.0 Å². The second-order valence-electron chi connectivity index (χ2n) is 6.98. The molecule has 0 radical (unpaired) electrons. The summed E-state index contributed by atoms with van der Waals surface area (Å²) >= 11 is 2.17. The number of hydrogen-bond acceptors (Lipinski definition) is 3. The number of nitrogens with one attached hydrogen (secondary N) is 1. The number of nitrogens with zero attached hydrogens (tertiary/aromatic N) is 2. The highest BCUT2D eigenvalue weighted by Crippen LogP contribution is 2.42. The van der Waals surface area contributed by atoms with Crippen LogP contribution >= 0.6 is 35.7 Å². The quantitative estimate of drug-likeness (QED) is 0.390. The maximum atomic E-state index is 11.2. The molecule has 1 spiro atoms. The fraction of sp³-hybridized carbons (Fsp3) is 0.579. The first-order valence-corrected chi connectivity index (χ1v) is 10.1. The summed E-state index contributed by atoms with van der Waals surface area (Å²) in [6.07, 6.45) is 6.77. The first-order chi connectivity index (χ1) is 12.1. The van der Waals surface area contributed by atoms with Crippen molar-refractivity contribution in [2.75, 3.05) is 25.9 Å². The van der Waals surface area contributed by atoms with Gasteiger partial charge in [0.2, 0.25) is 5.91 Å². The van der Waals surface area contributed by atoms with Crippen LogP contribution in [0.4, 0.5) is 0 Å². The van der Waals surface area contributed by atoms with E-state index in [9.17, 15) is 4.79 Å². The summed E-state index contributed by atoms with van der Waals surface area (Å²) in [6.45, 7) is 2.84. The van der Waals surface area contributed by atoms with Crippen molar-refractivity contribution in [3.8, 4) is 0 Å². The molecule has 7 heteroatoms. The predicted octanol–water partition coefficient (Wildman–Crippen LogP) is 3.23. The Morgan fingerprint density at radius 2 is 1.96 bits per heavy atom. The summed E-state index contributed by atoms with van der Waals surface area (Å²) < 4.78 is 0.428. The lowest BCUT2D eigenvalue weighted by atomic mass is 9.87. The van der Waals surface area contributed by atoms with Crippen molar-refractivity contribution in [1.82, 2.24) is 10.2 Å². The molecule has 3 N–H and O–H groups in total. The van der Waals surface area contributed by atoms with Crippen LogP contribution in [0.25, 0.3) is 0 Å². The van der Waals surface area contributed by atoms with Crippen molar-refractivity contribution < 1.29 is 4.79 Å². The van der Waals surface area contributed by atoms with E-state index in [4.69, 9.17) is 5.73 Å². The Balaban J connectivity index is 0.00000243. The summed E-state index contributed by atoms with van der Waals surface area (Å²) in [5.41, 5.74) is 6.95. The van der Waals surface area contributed by atoms with E-state index < -0.39 is 0 Å². The lowest BCUT2D eigenvalue weighted by Crippen LogP contribution is -2.53. The minimum absolute atomic E-state index is 0. The Morgan fingerprint density at radius 1 is 1.27 bits per heavy atom. The molecule has 0 unspecified atom stereocenters. The highest BCUT2D eigenvalue weighted by molar-refractivity contribution is 14.0. The molecule has 0 bridgehead atoms. The average molecular weight is 488 g/mol. The number of carbonyl (C=O) groups is 1. The molecule has 144 valence electrons. The second-order valence-corrected chi connectivity index (χ2v) is 8.54. The fourth-order valence-electron chi connectivity index (χ4n) is 3.82. The average Bonchev–Trinajstić information content (AvgIpc) is 2.63. The van der Waals surface area contributed by atoms with E-state index in [0.29, 0.717) is 16.9 Å². The zero-order valence-corrected chi connectivity index (χ0v) is 18.5. The van der Waals surface area contributed by atoms with Crippen LogP contribution < -0.4 is 11.1 Å². The number of carbonyl (C=O) groups excluding carboxylic acids is 1. The van der Waals surface area contributed by atoms with Gasteiger partial charge in [-0.1, -0.05) is 31.4 Å². The van der Waals surface area contributed by atoms with E-state index in [1.54, 1.807) is 12.1 Å². The van der Waals surface area contributed by atoms with Crippen molar-refractivity contribution in [3.63, 3.8) is 0 Å². The molecule has 1 heterocycles. The van der Waals surface area contributed by atoms with Gasteiger partial charge in [0.05, 0.1) is 0 Å². The van der Waals surface area contributed by atoms with Gasteiger partial charge in [-0.05, 0) is 30.5 Å². The molecular formula is C19H29IN4OS. The van der Waals surface area contributed by atoms with Gasteiger partial charge in [-0.15, -0.1) is 24.0 Å². The summed E-state index contributed by atoms with van der Waals surface area (Å²) in [6, 6.07) is 7.43. The first kappa shape index (κ1) is 21.3. The molecule has 1 aromatic carbocycles. The molecule has 0 atom stereocenters. The van der Waals surface area contributed by atoms with Crippen molar-refractivity contribution in [3.05, 3.63) is 35.4 Å². The Hall–Kier alpha value is -0.960. The third kappa shape index (κ3) is 5.28. The second kappa shape index (κ2) is 9.82. The zero-order valence-electron chi connectivity index (χ0n) is 15.4. The molecule has 26 heavy (non-hydrogen) atoms. The maximum absolute atomic E-state index is 11.2. The molecule has 1 aliphatic heterocycles. The molecule has 3 rings (SSSR count). The number of nitrogens with two attached hydrogens (primary N) is 1. The Kier molecular flexibility index (Phi) is 8.06. The fourth-order valence-corrected chi connectivity index (χ4v) is 5.39. The monoisotopic (exact) mass is 488 g/mol. The van der Waals surface area contributed by atoms with E-state index in [2.05, 4.69) is 27.0 Å². The Bertz CT molecular complexity index is 623. The molecule has 1 aliphatic carbocycles. The number of primary amides is 1. The van der Waals surface area contributed by atoms with Crippen molar-refractivity contribution in [2.24, 2.45) is 10.7 Å². The van der Waals surface area contributed by atoms with Crippen LogP contribution in [0.5, 0.6) is 0 Å².